The molecule has 0 aliphatic heterocycles. The Bertz CT molecular complexity index is 205. The van der Waals surface area contributed by atoms with Gasteiger partial charge in [0.15, 0.2) is 0 Å². The van der Waals surface area contributed by atoms with Crippen molar-refractivity contribution >= 4 is 5.91 Å². The van der Waals surface area contributed by atoms with Crippen LogP contribution in [-0.4, -0.2) is 17.5 Å². The minimum absolute atomic E-state index is 0.0764. The molecule has 0 bridgehead atoms. The zero-order valence-corrected chi connectivity index (χ0v) is 8.01. The average Bonchev–Trinajstić information content (AvgIpc) is 2.70. The Morgan fingerprint density at radius 2 is 2.00 bits per heavy atom. The smallest absolute Gasteiger partial charge is 0.219 e. The Labute approximate surface area is 79.1 Å². The Morgan fingerprint density at radius 1 is 1.38 bits per heavy atom. The predicted molar refractivity (Wildman–Crippen MR) is 51.2 cm³/mol. The van der Waals surface area contributed by atoms with Crippen LogP contribution in [0.2, 0.25) is 0 Å². The van der Waals surface area contributed by atoms with Crippen LogP contribution in [0.1, 0.15) is 44.9 Å². The Morgan fingerprint density at radius 3 is 2.46 bits per heavy atom. The lowest BCUT2D eigenvalue weighted by Crippen LogP contribution is -2.46. The number of nitrogens with two attached hydrogens (primary N) is 1. The minimum Gasteiger partial charge on any atom is -0.370 e. The third-order valence-electron chi connectivity index (χ3n) is 3.16. The number of hydrogen-bond donors (Lipinski definition) is 2. The molecule has 2 rings (SSSR count). The second kappa shape index (κ2) is 3.29. The molecule has 0 spiro atoms. The van der Waals surface area contributed by atoms with E-state index in [-0.39, 0.29) is 11.4 Å². The van der Waals surface area contributed by atoms with Crippen molar-refractivity contribution in [1.82, 2.24) is 5.32 Å². The summed E-state index contributed by atoms with van der Waals surface area (Å²) in [5, 5.41) is 3.60. The van der Waals surface area contributed by atoms with Gasteiger partial charge in [0.1, 0.15) is 0 Å². The van der Waals surface area contributed by atoms with E-state index in [1.807, 2.05) is 0 Å². The zero-order chi connectivity index (χ0) is 9.31. The maximum atomic E-state index is 10.9. The third kappa shape index (κ3) is 2.21. The fourth-order valence-electron chi connectivity index (χ4n) is 2.42. The lowest BCUT2D eigenvalue weighted by atomic mass is 9.92. The molecule has 0 saturated heterocycles. The van der Waals surface area contributed by atoms with Gasteiger partial charge in [-0.1, -0.05) is 12.8 Å². The summed E-state index contributed by atoms with van der Waals surface area (Å²) in [5.74, 6) is -0.157. The number of carbonyl (C=O) groups is 1. The molecule has 0 aromatic rings. The van der Waals surface area contributed by atoms with Gasteiger partial charge in [0, 0.05) is 18.0 Å². The van der Waals surface area contributed by atoms with Crippen LogP contribution in [0.5, 0.6) is 0 Å². The number of carbonyl (C=O) groups excluding carboxylic acids is 1. The van der Waals surface area contributed by atoms with Crippen LogP contribution >= 0.6 is 0 Å². The van der Waals surface area contributed by atoms with E-state index in [4.69, 9.17) is 5.73 Å². The number of primary amides is 1. The number of hydrogen-bond acceptors (Lipinski definition) is 2. The van der Waals surface area contributed by atoms with Crippen molar-refractivity contribution in [3.8, 4) is 0 Å². The molecule has 0 heterocycles. The van der Waals surface area contributed by atoms with Gasteiger partial charge in [-0.15, -0.1) is 0 Å². The summed E-state index contributed by atoms with van der Waals surface area (Å²) in [6.45, 7) is 0. The molecule has 0 unspecified atom stereocenters. The number of nitrogens with one attached hydrogen (secondary N) is 1. The first-order valence-corrected chi connectivity index (χ1v) is 5.26. The van der Waals surface area contributed by atoms with Gasteiger partial charge in [-0.25, -0.2) is 0 Å². The minimum atomic E-state index is -0.157. The van der Waals surface area contributed by atoms with Crippen molar-refractivity contribution in [3.63, 3.8) is 0 Å². The Balaban J connectivity index is 1.95. The topological polar surface area (TPSA) is 55.1 Å². The molecule has 3 nitrogen and oxygen atoms in total. The normalized spacial score (nSPS) is 26.2. The Kier molecular flexibility index (Phi) is 2.28. The highest BCUT2D eigenvalue weighted by Gasteiger charge is 2.39. The van der Waals surface area contributed by atoms with Gasteiger partial charge >= 0.3 is 0 Å². The van der Waals surface area contributed by atoms with Gasteiger partial charge in [0.05, 0.1) is 0 Å². The zero-order valence-electron chi connectivity index (χ0n) is 8.01. The first-order valence-electron chi connectivity index (χ1n) is 5.26. The fraction of sp³-hybridized carbons (Fsp3) is 0.900. The largest absolute Gasteiger partial charge is 0.370 e. The van der Waals surface area contributed by atoms with Crippen molar-refractivity contribution in [2.24, 2.45) is 5.73 Å². The highest BCUT2D eigenvalue weighted by atomic mass is 16.1. The summed E-state index contributed by atoms with van der Waals surface area (Å²) < 4.78 is 0. The molecular weight excluding hydrogens is 164 g/mol. The van der Waals surface area contributed by atoms with Crippen LogP contribution in [0.15, 0.2) is 0 Å². The maximum absolute atomic E-state index is 10.9. The summed E-state index contributed by atoms with van der Waals surface area (Å²) in [5.41, 5.74) is 5.35. The van der Waals surface area contributed by atoms with E-state index in [0.29, 0.717) is 12.5 Å². The lowest BCUT2D eigenvalue weighted by Gasteiger charge is -2.29. The van der Waals surface area contributed by atoms with Crippen molar-refractivity contribution < 1.29 is 4.79 Å². The monoisotopic (exact) mass is 182 g/mol. The first kappa shape index (κ1) is 9.00. The van der Waals surface area contributed by atoms with Gasteiger partial charge in [-0.2, -0.15) is 0 Å². The van der Waals surface area contributed by atoms with E-state index in [2.05, 4.69) is 5.32 Å². The summed E-state index contributed by atoms with van der Waals surface area (Å²) in [7, 11) is 0. The molecule has 2 fully saturated rings. The second-order valence-electron chi connectivity index (χ2n) is 4.55. The van der Waals surface area contributed by atoms with E-state index in [1.54, 1.807) is 0 Å². The Hall–Kier alpha value is -0.570. The van der Waals surface area contributed by atoms with Crippen LogP contribution in [0, 0.1) is 0 Å². The van der Waals surface area contributed by atoms with Crippen LogP contribution in [-0.2, 0) is 4.79 Å². The highest BCUT2D eigenvalue weighted by Crippen LogP contribution is 2.35. The van der Waals surface area contributed by atoms with E-state index in [1.165, 1.54) is 25.7 Å². The molecule has 2 aliphatic rings. The third-order valence-corrected chi connectivity index (χ3v) is 3.16. The molecule has 0 radical (unpaired) electrons. The number of rotatable bonds is 4. The van der Waals surface area contributed by atoms with Crippen LogP contribution in [0.25, 0.3) is 0 Å². The molecular formula is C10H18N2O. The summed E-state index contributed by atoms with van der Waals surface area (Å²) in [4.78, 5) is 10.9. The molecule has 1 amide bonds. The molecule has 3 N–H and O–H groups in total. The molecule has 3 heteroatoms. The summed E-state index contributed by atoms with van der Waals surface area (Å²) in [6.07, 6.45) is 7.84. The fourth-order valence-corrected chi connectivity index (χ4v) is 2.42. The van der Waals surface area contributed by atoms with Crippen molar-refractivity contribution in [2.75, 3.05) is 0 Å². The second-order valence-corrected chi connectivity index (χ2v) is 4.55. The van der Waals surface area contributed by atoms with Gasteiger partial charge in [-0.05, 0) is 25.7 Å². The van der Waals surface area contributed by atoms with E-state index >= 15 is 0 Å². The average molecular weight is 182 g/mol. The van der Waals surface area contributed by atoms with Crippen LogP contribution < -0.4 is 11.1 Å². The quantitative estimate of drug-likeness (QED) is 0.679. The van der Waals surface area contributed by atoms with Crippen molar-refractivity contribution in [1.29, 1.82) is 0 Å². The number of amides is 1. The van der Waals surface area contributed by atoms with Crippen molar-refractivity contribution in [3.05, 3.63) is 0 Å². The SMILES string of the molecule is NC(=O)CC1(NC2CC2)CCCC1. The standard InChI is InChI=1S/C10H18N2O/c11-9(13)7-10(5-1-2-6-10)12-8-3-4-8/h8,12H,1-7H2,(H2,11,13). The predicted octanol–water partition coefficient (Wildman–Crippen LogP) is 0.927. The molecule has 0 atom stereocenters. The molecule has 2 aliphatic carbocycles. The van der Waals surface area contributed by atoms with Gasteiger partial charge < -0.3 is 11.1 Å². The van der Waals surface area contributed by atoms with E-state index < -0.39 is 0 Å². The molecule has 13 heavy (non-hydrogen) atoms. The van der Waals surface area contributed by atoms with Gasteiger partial charge in [0.2, 0.25) is 5.91 Å². The van der Waals surface area contributed by atoms with Gasteiger partial charge in [0.25, 0.3) is 0 Å². The molecule has 74 valence electrons. The highest BCUT2D eigenvalue weighted by molar-refractivity contribution is 5.75. The van der Waals surface area contributed by atoms with Crippen molar-refractivity contribution in [2.45, 2.75) is 56.5 Å². The maximum Gasteiger partial charge on any atom is 0.219 e. The van der Waals surface area contributed by atoms with E-state index in [0.717, 1.165) is 12.8 Å². The molecule has 0 aromatic carbocycles. The molecule has 2 saturated carbocycles. The molecule has 0 aromatic heterocycles. The lowest BCUT2D eigenvalue weighted by molar-refractivity contribution is -0.119. The summed E-state index contributed by atoms with van der Waals surface area (Å²) in [6, 6.07) is 0.678. The van der Waals surface area contributed by atoms with Crippen LogP contribution in [0.4, 0.5) is 0 Å². The van der Waals surface area contributed by atoms with E-state index in [9.17, 15) is 4.79 Å². The summed E-state index contributed by atoms with van der Waals surface area (Å²) >= 11 is 0. The van der Waals surface area contributed by atoms with Gasteiger partial charge in [-0.3, -0.25) is 4.79 Å². The first-order chi connectivity index (χ1) is 6.20. The van der Waals surface area contributed by atoms with Crippen LogP contribution in [0.3, 0.4) is 0 Å².